The number of hydrogen-bond donors (Lipinski definition) is 3. The first kappa shape index (κ1) is 47.1. The van der Waals surface area contributed by atoms with Crippen LogP contribution in [0.2, 0.25) is 20.1 Å². The normalized spacial score (nSPS) is 15.8. The standard InChI is InChI=1S/C45H48Cl4N12O5/c1-25-32-21-29(23-50-40(32)56-44(52-25)60-11-9-31(10-12-60)58(3)4)54-42(63)38(65-36-7-5-27(46)19-34(36)48)39(66-37-8-6-28(47)20-35(37)49)43(64)55-30-22-33-26(2)53-45(57-41(33)51-24-30)61-15-13-59(14-16-61)17-18-62/h5-8,19-24,31,38-39,62H,9-18H2,1-4H3,(H,54,63)(H,55,64). The van der Waals surface area contributed by atoms with E-state index >= 15 is 0 Å². The minimum Gasteiger partial charge on any atom is -0.474 e. The van der Waals surface area contributed by atoms with Gasteiger partial charge in [0.15, 0.2) is 11.3 Å². The van der Waals surface area contributed by atoms with Gasteiger partial charge >= 0.3 is 0 Å². The van der Waals surface area contributed by atoms with E-state index in [1.807, 2.05) is 13.8 Å². The maximum Gasteiger partial charge on any atom is 0.270 e. The van der Waals surface area contributed by atoms with E-state index in [-0.39, 0.29) is 39.5 Å². The molecule has 4 aromatic heterocycles. The van der Waals surface area contributed by atoms with Gasteiger partial charge in [-0.3, -0.25) is 14.5 Å². The number of hydrogen-bond acceptors (Lipinski definition) is 15. The Bertz CT molecular complexity index is 2750. The van der Waals surface area contributed by atoms with Crippen LogP contribution < -0.4 is 29.9 Å². The van der Waals surface area contributed by atoms with Gasteiger partial charge in [-0.25, -0.2) is 19.9 Å². The topological polar surface area (TPSA) is 187 Å². The second kappa shape index (κ2) is 20.6. The van der Waals surface area contributed by atoms with Gasteiger partial charge in [-0.05, 0) is 89.3 Å². The van der Waals surface area contributed by atoms with Gasteiger partial charge in [-0.15, -0.1) is 0 Å². The maximum atomic E-state index is 14.7. The third-order valence-corrected chi connectivity index (χ3v) is 12.7. The average Bonchev–Trinajstić information content (AvgIpc) is 3.29. The molecule has 17 nitrogen and oxygen atoms in total. The number of nitrogens with zero attached hydrogens (tertiary/aromatic N) is 10. The number of ether oxygens (including phenoxy) is 2. The van der Waals surface area contributed by atoms with E-state index < -0.39 is 24.0 Å². The Hall–Kier alpha value is -5.40. The molecule has 0 aliphatic carbocycles. The number of pyridine rings is 2. The molecule has 8 rings (SSSR count). The molecule has 2 amide bonds. The first-order valence-corrected chi connectivity index (χ1v) is 22.9. The number of halogens is 4. The molecule has 0 radical (unpaired) electrons. The van der Waals surface area contributed by atoms with Crippen LogP contribution in [0.1, 0.15) is 24.2 Å². The summed E-state index contributed by atoms with van der Waals surface area (Å²) in [5, 5.41) is 17.1. The molecule has 3 N–H and O–H groups in total. The van der Waals surface area contributed by atoms with Crippen molar-refractivity contribution in [2.45, 2.75) is 44.9 Å². The summed E-state index contributed by atoms with van der Waals surface area (Å²) in [6.45, 7) is 8.97. The molecule has 2 saturated heterocycles. The Morgan fingerprint density at radius 3 is 1.58 bits per heavy atom. The summed E-state index contributed by atoms with van der Waals surface area (Å²) in [6, 6.07) is 12.8. The van der Waals surface area contributed by atoms with Crippen LogP contribution in [0.25, 0.3) is 22.1 Å². The Morgan fingerprint density at radius 2 is 1.15 bits per heavy atom. The predicted octanol–water partition coefficient (Wildman–Crippen LogP) is 6.71. The summed E-state index contributed by atoms with van der Waals surface area (Å²) in [5.41, 5.74) is 2.74. The fraction of sp³-hybridized carbons (Fsp3) is 0.378. The number of aliphatic hydroxyl groups excluding tert-OH is 1. The minimum absolute atomic E-state index is 0.0392. The molecule has 21 heteroatoms. The van der Waals surface area contributed by atoms with E-state index in [0.717, 1.165) is 39.0 Å². The molecule has 0 saturated carbocycles. The number of fused-ring (bicyclic) bond motifs is 2. The van der Waals surface area contributed by atoms with Crippen LogP contribution in [0.15, 0.2) is 60.9 Å². The third-order valence-electron chi connectivity index (χ3n) is 11.6. The molecule has 2 fully saturated rings. The van der Waals surface area contributed by atoms with Crippen LogP contribution in [-0.4, -0.2) is 141 Å². The molecule has 2 aliphatic heterocycles. The summed E-state index contributed by atoms with van der Waals surface area (Å²) >= 11 is 25.7. The lowest BCUT2D eigenvalue weighted by Gasteiger charge is -2.35. The van der Waals surface area contributed by atoms with Gasteiger partial charge in [0.05, 0.1) is 51.8 Å². The number of anilines is 4. The van der Waals surface area contributed by atoms with Gasteiger partial charge in [-0.1, -0.05) is 46.4 Å². The number of aryl methyl sites for hydroxylation is 2. The van der Waals surface area contributed by atoms with Crippen LogP contribution in [0.5, 0.6) is 11.5 Å². The summed E-state index contributed by atoms with van der Waals surface area (Å²) in [4.78, 5) is 66.3. The SMILES string of the molecule is Cc1nc(N2CCC(N(C)C)CC2)nc2ncc(NC(=O)C(Oc3ccc(Cl)cc3Cl)C(Oc3ccc(Cl)cc3Cl)C(=O)Nc3cnc4nc(N5CCN(CCO)CC5)nc(C)c4c3)cc12. The monoisotopic (exact) mass is 976 g/mol. The van der Waals surface area contributed by atoms with Gasteiger partial charge in [0.2, 0.25) is 24.1 Å². The summed E-state index contributed by atoms with van der Waals surface area (Å²) in [6.07, 6.45) is 1.45. The number of β-amino-alcohol motifs (C(OH)–C–C–N with tert-alkyl or cyclic N) is 1. The molecule has 0 spiro atoms. The molecular formula is C45H48Cl4N12O5. The van der Waals surface area contributed by atoms with Crippen LogP contribution in [0, 0.1) is 13.8 Å². The highest BCUT2D eigenvalue weighted by Gasteiger charge is 2.40. The van der Waals surface area contributed by atoms with Crippen molar-refractivity contribution < 1.29 is 24.2 Å². The van der Waals surface area contributed by atoms with Crippen molar-refractivity contribution >= 4 is 104 Å². The van der Waals surface area contributed by atoms with Crippen LogP contribution in [-0.2, 0) is 9.59 Å². The molecule has 6 aromatic rings. The van der Waals surface area contributed by atoms with Crippen LogP contribution >= 0.6 is 46.4 Å². The smallest absolute Gasteiger partial charge is 0.270 e. The van der Waals surface area contributed by atoms with Crippen molar-refractivity contribution in [3.63, 3.8) is 0 Å². The second-order valence-corrected chi connectivity index (χ2v) is 18.0. The maximum absolute atomic E-state index is 14.7. The Kier molecular flexibility index (Phi) is 14.7. The summed E-state index contributed by atoms with van der Waals surface area (Å²) < 4.78 is 12.6. The van der Waals surface area contributed by atoms with Crippen LogP contribution in [0.4, 0.5) is 23.3 Å². The lowest BCUT2D eigenvalue weighted by molar-refractivity contribution is -0.136. The number of piperazine rings is 1. The van der Waals surface area contributed by atoms with E-state index in [0.29, 0.717) is 81.1 Å². The number of benzene rings is 2. The first-order valence-electron chi connectivity index (χ1n) is 21.4. The van der Waals surface area contributed by atoms with Crippen molar-refractivity contribution in [3.8, 4) is 11.5 Å². The second-order valence-electron chi connectivity index (χ2n) is 16.3. The van der Waals surface area contributed by atoms with Gasteiger partial charge < -0.3 is 39.9 Å². The number of nitrogens with one attached hydrogen (secondary N) is 2. The quantitative estimate of drug-likeness (QED) is 0.104. The molecule has 2 atom stereocenters. The van der Waals surface area contributed by atoms with E-state index in [9.17, 15) is 14.7 Å². The summed E-state index contributed by atoms with van der Waals surface area (Å²) in [5.74, 6) is -0.377. The Balaban J connectivity index is 1.09. The molecule has 346 valence electrons. The first-order chi connectivity index (χ1) is 31.7. The van der Waals surface area contributed by atoms with Crippen LogP contribution in [0.3, 0.4) is 0 Å². The van der Waals surface area contributed by atoms with E-state index in [1.165, 1.54) is 48.8 Å². The van der Waals surface area contributed by atoms with Crippen molar-refractivity contribution in [1.82, 2.24) is 39.7 Å². The van der Waals surface area contributed by atoms with E-state index in [4.69, 9.17) is 75.8 Å². The Labute approximate surface area is 401 Å². The molecule has 2 unspecified atom stereocenters. The van der Waals surface area contributed by atoms with E-state index in [1.54, 1.807) is 12.1 Å². The number of carbonyl (C=O) groups is 2. The van der Waals surface area contributed by atoms with E-state index in [2.05, 4.69) is 54.3 Å². The lowest BCUT2D eigenvalue weighted by Crippen LogP contribution is -2.51. The lowest BCUT2D eigenvalue weighted by atomic mass is 10.0. The molecule has 0 bridgehead atoms. The highest BCUT2D eigenvalue weighted by atomic mass is 35.5. The molecule has 2 aliphatic rings. The highest BCUT2D eigenvalue weighted by molar-refractivity contribution is 6.36. The number of carbonyl (C=O) groups excluding carboxylic acids is 2. The molecule has 2 aromatic carbocycles. The van der Waals surface area contributed by atoms with Crippen molar-refractivity contribution in [2.24, 2.45) is 0 Å². The largest absolute Gasteiger partial charge is 0.474 e. The number of piperidine rings is 1. The van der Waals surface area contributed by atoms with Gasteiger partial charge in [-0.2, -0.15) is 9.97 Å². The number of aliphatic hydroxyl groups is 1. The minimum atomic E-state index is -1.73. The average molecular weight is 979 g/mol. The van der Waals surface area contributed by atoms with Crippen molar-refractivity contribution in [3.05, 3.63) is 92.4 Å². The van der Waals surface area contributed by atoms with Gasteiger partial charge in [0, 0.05) is 72.7 Å². The molecule has 66 heavy (non-hydrogen) atoms. The fourth-order valence-corrected chi connectivity index (χ4v) is 8.85. The molecular weight excluding hydrogens is 930 g/mol. The van der Waals surface area contributed by atoms with Crippen molar-refractivity contribution in [2.75, 3.05) is 86.9 Å². The zero-order valence-corrected chi connectivity index (χ0v) is 39.7. The zero-order chi connectivity index (χ0) is 46.6. The Morgan fingerprint density at radius 1 is 0.697 bits per heavy atom. The number of amides is 2. The van der Waals surface area contributed by atoms with Gasteiger partial charge in [0.1, 0.15) is 11.5 Å². The zero-order valence-electron chi connectivity index (χ0n) is 36.6. The molecule has 6 heterocycles. The number of rotatable bonds is 14. The third kappa shape index (κ3) is 10.9. The predicted molar refractivity (Wildman–Crippen MR) is 258 cm³/mol. The van der Waals surface area contributed by atoms with Crippen molar-refractivity contribution in [1.29, 1.82) is 0 Å². The number of aromatic nitrogens is 6. The summed E-state index contributed by atoms with van der Waals surface area (Å²) in [7, 11) is 4.19. The highest BCUT2D eigenvalue weighted by Crippen LogP contribution is 2.33. The van der Waals surface area contributed by atoms with Gasteiger partial charge in [0.25, 0.3) is 11.8 Å². The fourth-order valence-electron chi connectivity index (χ4n) is 7.95.